The average Bonchev–Trinajstić information content (AvgIpc) is 2.82. The minimum Gasteiger partial charge on any atom is -1.00 e. The van der Waals surface area contributed by atoms with Crippen LogP contribution >= 0.6 is 0 Å². The topological polar surface area (TPSA) is 0 Å². The summed E-state index contributed by atoms with van der Waals surface area (Å²) in [6.45, 7) is 7.38. The highest BCUT2D eigenvalue weighted by Gasteiger charge is 2.13. The molecule has 0 heterocycles. The Morgan fingerprint density at radius 2 is 0.457 bits per heavy atom. The van der Waals surface area contributed by atoms with E-state index in [4.69, 9.17) is 0 Å². The van der Waals surface area contributed by atoms with E-state index >= 15 is 0 Å². The van der Waals surface area contributed by atoms with Crippen molar-refractivity contribution >= 4 is 0 Å². The van der Waals surface area contributed by atoms with E-state index in [0.717, 1.165) is 0 Å². The lowest BCUT2D eigenvalue weighted by Crippen LogP contribution is -3.00. The highest BCUT2D eigenvalue weighted by Crippen LogP contribution is 2.15. The summed E-state index contributed by atoms with van der Waals surface area (Å²) in [6, 6.07) is 0. The lowest BCUT2D eigenvalue weighted by Gasteiger charge is -2.30. The van der Waals surface area contributed by atoms with E-state index in [-0.39, 0.29) is 17.0 Å². The van der Waals surface area contributed by atoms with Gasteiger partial charge in [0.25, 0.3) is 0 Å². The number of halogens is 1. The van der Waals surface area contributed by atoms with Gasteiger partial charge in [-0.3, -0.25) is 0 Å². The van der Waals surface area contributed by atoms with Gasteiger partial charge in [0, 0.05) is 0 Å². The van der Waals surface area contributed by atoms with Crippen LogP contribution in [0.4, 0.5) is 0 Å². The summed E-state index contributed by atoms with van der Waals surface area (Å²) in [7, 11) is 4.92. The molecule has 0 rings (SSSR count). The van der Waals surface area contributed by atoms with E-state index in [0.29, 0.717) is 0 Å². The molecular weight excluding hydrogens is 490 g/mol. The van der Waals surface area contributed by atoms with Crippen molar-refractivity contribution in [3.05, 3.63) is 0 Å². The summed E-state index contributed by atoms with van der Waals surface area (Å²) in [5.41, 5.74) is 0. The first kappa shape index (κ1) is 37.6. The molecule has 2 heteroatoms. The second-order valence-electron chi connectivity index (χ2n) is 12.2. The van der Waals surface area contributed by atoms with Gasteiger partial charge in [-0.15, -0.1) is 0 Å². The molecule has 0 spiro atoms. The summed E-state index contributed by atoms with van der Waals surface area (Å²) in [5, 5.41) is 0. The van der Waals surface area contributed by atoms with Crippen LogP contribution in [0, 0.1) is 0 Å². The Kier molecular flexibility index (Phi) is 32.9. The van der Waals surface area contributed by atoms with Crippen LogP contribution in [0.25, 0.3) is 0 Å². The molecule has 0 aliphatic heterocycles. The zero-order valence-electron chi connectivity index (χ0n) is 25.3. The van der Waals surface area contributed by atoms with Gasteiger partial charge in [-0.1, -0.05) is 162 Å². The predicted molar refractivity (Wildman–Crippen MR) is 158 cm³/mol. The van der Waals surface area contributed by atoms with Gasteiger partial charge in [0.05, 0.1) is 27.2 Å². The van der Waals surface area contributed by atoms with E-state index in [9.17, 15) is 0 Å². The van der Waals surface area contributed by atoms with Crippen LogP contribution in [0.2, 0.25) is 0 Å². The Balaban J connectivity index is 0. The van der Waals surface area contributed by atoms with Crippen molar-refractivity contribution in [1.29, 1.82) is 0 Å². The van der Waals surface area contributed by atoms with Gasteiger partial charge < -0.3 is 21.5 Å². The van der Waals surface area contributed by atoms with E-state index in [1.807, 2.05) is 0 Å². The summed E-state index contributed by atoms with van der Waals surface area (Å²) < 4.78 is 1.25. The number of quaternary nitrogens is 1. The number of hydrogen-bond donors (Lipinski definition) is 0. The number of unbranched alkanes of at least 4 members (excludes halogenated alkanes) is 25. The molecule has 35 heavy (non-hydrogen) atoms. The van der Waals surface area contributed by atoms with Crippen LogP contribution in [-0.4, -0.2) is 31.7 Å². The summed E-state index contributed by atoms with van der Waals surface area (Å²) in [6.07, 6.45) is 39.5. The summed E-state index contributed by atoms with van der Waals surface area (Å²) >= 11 is 0. The second kappa shape index (κ2) is 30.7. The summed E-state index contributed by atoms with van der Waals surface area (Å²) in [5.74, 6) is 0. The fraction of sp³-hybridized carbons (Fsp3) is 1.00. The van der Waals surface area contributed by atoms with Crippen molar-refractivity contribution in [1.82, 2.24) is 0 Å². The minimum atomic E-state index is 0. The fourth-order valence-corrected chi connectivity index (χ4v) is 5.40. The average molecular weight is 561 g/mol. The predicted octanol–water partition coefficient (Wildman–Crippen LogP) is 8.64. The van der Waals surface area contributed by atoms with Gasteiger partial charge >= 0.3 is 0 Å². The van der Waals surface area contributed by atoms with Crippen molar-refractivity contribution in [2.24, 2.45) is 0 Å². The van der Waals surface area contributed by atoms with Crippen molar-refractivity contribution in [2.75, 3.05) is 27.2 Å². The lowest BCUT2D eigenvalue weighted by molar-refractivity contribution is -0.890. The van der Waals surface area contributed by atoms with Crippen molar-refractivity contribution < 1.29 is 21.5 Å². The van der Waals surface area contributed by atoms with E-state index in [2.05, 4.69) is 27.9 Å². The smallest absolute Gasteiger partial charge is 0.0782 e. The maximum atomic E-state index is 2.46. The van der Waals surface area contributed by atoms with Crippen molar-refractivity contribution in [3.8, 4) is 0 Å². The normalized spacial score (nSPS) is 11.7. The van der Waals surface area contributed by atoms with Gasteiger partial charge in [-0.25, -0.2) is 0 Å². The largest absolute Gasteiger partial charge is 1.00 e. The Morgan fingerprint density at radius 1 is 0.286 bits per heavy atom. The molecule has 0 fully saturated rings. The van der Waals surface area contributed by atoms with E-state index < -0.39 is 0 Å². The molecule has 0 bridgehead atoms. The molecule has 0 aromatic carbocycles. The van der Waals surface area contributed by atoms with Crippen LogP contribution < -0.4 is 17.0 Å². The van der Waals surface area contributed by atoms with Crippen LogP contribution in [-0.2, 0) is 0 Å². The Bertz CT molecular complexity index is 368. The molecular formula is C33H70BrN. The zero-order chi connectivity index (χ0) is 25.0. The maximum absolute atomic E-state index is 2.46. The molecule has 0 amide bonds. The third-order valence-corrected chi connectivity index (χ3v) is 7.98. The third-order valence-electron chi connectivity index (χ3n) is 7.98. The second-order valence-corrected chi connectivity index (χ2v) is 12.2. The maximum Gasteiger partial charge on any atom is 0.0782 e. The Hall–Kier alpha value is 0.440. The zero-order valence-corrected chi connectivity index (χ0v) is 26.9. The first-order valence-corrected chi connectivity index (χ1v) is 16.4. The van der Waals surface area contributed by atoms with Crippen LogP contribution in [0.15, 0.2) is 0 Å². The third kappa shape index (κ3) is 32.4. The molecule has 1 nitrogen and oxygen atoms in total. The first-order chi connectivity index (χ1) is 16.6. The molecule has 0 aliphatic rings. The molecule has 0 saturated carbocycles. The monoisotopic (exact) mass is 559 g/mol. The number of nitrogens with zero attached hydrogens (tertiary/aromatic N) is 1. The molecule has 0 N–H and O–H groups in total. The van der Waals surface area contributed by atoms with Crippen molar-refractivity contribution in [3.63, 3.8) is 0 Å². The van der Waals surface area contributed by atoms with Gasteiger partial charge in [-0.05, 0) is 25.7 Å². The van der Waals surface area contributed by atoms with Crippen LogP contribution in [0.1, 0.15) is 187 Å². The van der Waals surface area contributed by atoms with E-state index in [1.54, 1.807) is 0 Å². The summed E-state index contributed by atoms with van der Waals surface area (Å²) in [4.78, 5) is 0. The quantitative estimate of drug-likeness (QED) is 0.0634. The minimum absolute atomic E-state index is 0. The van der Waals surface area contributed by atoms with Crippen LogP contribution in [0.3, 0.4) is 0 Å². The number of hydrogen-bond acceptors (Lipinski definition) is 0. The highest BCUT2D eigenvalue weighted by atomic mass is 79.9. The van der Waals surface area contributed by atoms with Crippen molar-refractivity contribution in [2.45, 2.75) is 187 Å². The van der Waals surface area contributed by atoms with Crippen LogP contribution in [0.5, 0.6) is 0 Å². The SMILES string of the molecule is CCCCCCCCCCCCCCCCCC[N+](C)(C)CCCCCCCCCCCCC.[Br-]. The first-order valence-electron chi connectivity index (χ1n) is 16.4. The molecule has 0 radical (unpaired) electrons. The Labute approximate surface area is 235 Å². The van der Waals surface area contributed by atoms with Gasteiger partial charge in [-0.2, -0.15) is 0 Å². The lowest BCUT2D eigenvalue weighted by atomic mass is 10.0. The number of rotatable bonds is 29. The van der Waals surface area contributed by atoms with Gasteiger partial charge in [0.15, 0.2) is 0 Å². The molecule has 0 saturated heterocycles. The molecule has 0 aliphatic carbocycles. The molecule has 0 atom stereocenters. The Morgan fingerprint density at radius 3 is 0.657 bits per heavy atom. The molecule has 0 aromatic rings. The van der Waals surface area contributed by atoms with Gasteiger partial charge in [0.1, 0.15) is 0 Å². The molecule has 214 valence electrons. The fourth-order valence-electron chi connectivity index (χ4n) is 5.40. The van der Waals surface area contributed by atoms with Gasteiger partial charge in [0.2, 0.25) is 0 Å². The standard InChI is InChI=1S/C33H70N.BrH/c1-5-7-9-11-13-15-17-18-19-20-21-23-25-27-29-31-33-34(3,4)32-30-28-26-24-22-16-14-12-10-8-6-2;/h5-33H2,1-4H3;1H/q+1;/p-1. The molecule has 0 aromatic heterocycles. The highest BCUT2D eigenvalue weighted by molar-refractivity contribution is 4.51. The van der Waals surface area contributed by atoms with E-state index in [1.165, 1.54) is 191 Å². The molecule has 0 unspecified atom stereocenters.